The van der Waals surface area contributed by atoms with E-state index < -0.39 is 17.6 Å². The molecule has 3 N–H and O–H groups in total. The summed E-state index contributed by atoms with van der Waals surface area (Å²) in [5.74, 6) is -0.332. The Morgan fingerprint density at radius 2 is 2.03 bits per heavy atom. The maximum atomic E-state index is 13.4. The molecule has 6 rings (SSSR count). The number of nitrogens with zero attached hydrogens (tertiary/aromatic N) is 4. The number of primary amides is 1. The number of ether oxygens (including phenoxy) is 1. The smallest absolute Gasteiger partial charge is 0.424 e. The summed E-state index contributed by atoms with van der Waals surface area (Å²) in [7, 11) is 0. The van der Waals surface area contributed by atoms with E-state index in [1.165, 1.54) is 10.8 Å². The molecule has 4 aliphatic rings. The van der Waals surface area contributed by atoms with Crippen molar-refractivity contribution in [3.05, 3.63) is 18.1 Å². The summed E-state index contributed by atoms with van der Waals surface area (Å²) in [6.07, 6.45) is -1.36. The molecule has 3 saturated carbocycles. The van der Waals surface area contributed by atoms with E-state index in [2.05, 4.69) is 10.1 Å². The summed E-state index contributed by atoms with van der Waals surface area (Å²) >= 11 is 0. The van der Waals surface area contributed by atoms with E-state index in [1.807, 2.05) is 0 Å². The topological polar surface area (TPSA) is 108 Å². The van der Waals surface area contributed by atoms with Crippen molar-refractivity contribution in [3.63, 3.8) is 0 Å². The SMILES string of the molecule is C[C@H]1Cn2nc(OCC34CC(C(N)=O)(C3)C4)cc2-c2cnc([C@@](C)(O)C(F)(F)F)n21. The van der Waals surface area contributed by atoms with Crippen LogP contribution in [0.25, 0.3) is 11.4 Å². The van der Waals surface area contributed by atoms with Crippen LogP contribution in [0.15, 0.2) is 12.3 Å². The summed E-state index contributed by atoms with van der Waals surface area (Å²) in [4.78, 5) is 15.3. The summed E-state index contributed by atoms with van der Waals surface area (Å²) in [5.41, 5.74) is 2.98. The second kappa shape index (κ2) is 5.57. The number of amides is 1. The molecule has 162 valence electrons. The largest absolute Gasteiger partial charge is 0.476 e. The van der Waals surface area contributed by atoms with E-state index in [-0.39, 0.29) is 22.8 Å². The number of fused-ring (bicyclic) bond motifs is 3. The minimum absolute atomic E-state index is 0.0349. The lowest BCUT2D eigenvalue weighted by Crippen LogP contribution is -2.69. The Hall–Kier alpha value is -2.56. The minimum Gasteiger partial charge on any atom is -0.476 e. The molecular weight excluding hydrogens is 403 g/mol. The van der Waals surface area contributed by atoms with Crippen LogP contribution in [-0.2, 0) is 16.9 Å². The van der Waals surface area contributed by atoms with Gasteiger partial charge in [0.15, 0.2) is 5.82 Å². The molecule has 2 atom stereocenters. The third-order valence-electron chi connectivity index (χ3n) is 6.87. The number of aromatic nitrogens is 4. The molecule has 3 heterocycles. The number of halogens is 3. The highest BCUT2D eigenvalue weighted by Crippen LogP contribution is 2.73. The fourth-order valence-corrected chi connectivity index (χ4v) is 5.26. The highest BCUT2D eigenvalue weighted by Gasteiger charge is 2.71. The van der Waals surface area contributed by atoms with Gasteiger partial charge in [-0.1, -0.05) is 0 Å². The predicted molar refractivity (Wildman–Crippen MR) is 97.2 cm³/mol. The molecule has 11 heteroatoms. The third-order valence-corrected chi connectivity index (χ3v) is 6.87. The number of alkyl halides is 3. The van der Waals surface area contributed by atoms with Gasteiger partial charge >= 0.3 is 6.18 Å². The molecule has 0 radical (unpaired) electrons. The maximum absolute atomic E-state index is 13.4. The number of rotatable bonds is 5. The van der Waals surface area contributed by atoms with Crippen molar-refractivity contribution in [1.29, 1.82) is 0 Å². The molecule has 0 saturated heterocycles. The van der Waals surface area contributed by atoms with Gasteiger partial charge in [-0.15, -0.1) is 5.10 Å². The lowest BCUT2D eigenvalue weighted by Gasteiger charge is -2.68. The van der Waals surface area contributed by atoms with Crippen LogP contribution in [0.4, 0.5) is 13.2 Å². The van der Waals surface area contributed by atoms with Crippen LogP contribution in [0.3, 0.4) is 0 Å². The lowest BCUT2D eigenvalue weighted by molar-refractivity contribution is -0.262. The average Bonchev–Trinajstić information content (AvgIpc) is 3.15. The van der Waals surface area contributed by atoms with Crippen molar-refractivity contribution in [2.45, 2.75) is 57.5 Å². The highest BCUT2D eigenvalue weighted by molar-refractivity contribution is 5.84. The molecule has 0 spiro atoms. The van der Waals surface area contributed by atoms with Gasteiger partial charge in [0, 0.05) is 11.5 Å². The second-order valence-corrected chi connectivity index (χ2v) is 9.27. The zero-order chi connectivity index (χ0) is 21.7. The van der Waals surface area contributed by atoms with Crippen LogP contribution >= 0.6 is 0 Å². The van der Waals surface area contributed by atoms with Crippen LogP contribution in [0.1, 0.15) is 45.0 Å². The van der Waals surface area contributed by atoms with Crippen molar-refractivity contribution < 1.29 is 27.8 Å². The van der Waals surface area contributed by atoms with Crippen molar-refractivity contribution in [2.75, 3.05) is 6.61 Å². The minimum atomic E-state index is -4.86. The molecule has 1 aliphatic heterocycles. The Kier molecular flexibility index (Phi) is 3.60. The van der Waals surface area contributed by atoms with E-state index in [0.717, 1.165) is 19.3 Å². The van der Waals surface area contributed by atoms with Gasteiger partial charge in [0.05, 0.1) is 42.2 Å². The summed E-state index contributed by atoms with van der Waals surface area (Å²) in [6.45, 7) is 3.19. The van der Waals surface area contributed by atoms with Crippen LogP contribution in [-0.4, -0.2) is 43.1 Å². The normalized spacial score (nSPS) is 31.1. The fourth-order valence-electron chi connectivity index (χ4n) is 5.26. The van der Waals surface area contributed by atoms with E-state index in [4.69, 9.17) is 10.5 Å². The summed E-state index contributed by atoms with van der Waals surface area (Å²) in [5, 5.41) is 14.5. The predicted octanol–water partition coefficient (Wildman–Crippen LogP) is 2.13. The highest BCUT2D eigenvalue weighted by atomic mass is 19.4. The molecule has 0 aromatic carbocycles. The van der Waals surface area contributed by atoms with Gasteiger partial charge < -0.3 is 20.1 Å². The number of carbonyl (C=O) groups is 1. The summed E-state index contributed by atoms with van der Waals surface area (Å²) in [6, 6.07) is 1.28. The third kappa shape index (κ3) is 2.41. The average molecular weight is 425 g/mol. The Morgan fingerprint density at radius 1 is 1.37 bits per heavy atom. The van der Waals surface area contributed by atoms with Crippen molar-refractivity contribution in [2.24, 2.45) is 16.6 Å². The Bertz CT molecular complexity index is 1030. The molecule has 0 unspecified atom stereocenters. The Morgan fingerprint density at radius 3 is 2.63 bits per heavy atom. The van der Waals surface area contributed by atoms with Crippen LogP contribution in [0.2, 0.25) is 0 Å². The van der Waals surface area contributed by atoms with Gasteiger partial charge in [-0.2, -0.15) is 13.2 Å². The number of hydrogen-bond acceptors (Lipinski definition) is 5. The molecule has 3 aliphatic carbocycles. The standard InChI is InChI=1S/C19H22F3N5O3/c1-10-5-26-11(12-4-24-15(27(10)12)16(2,29)19(20,21)22)3-13(25-26)30-9-17-6-18(7-17,8-17)14(23)28/h3-4,10,29H,5-9H2,1-2H3,(H2,23,28)/t10-,16+,17?,18?/m0/s1. The number of carbonyl (C=O) groups excluding carboxylic acids is 1. The number of imidazole rings is 1. The van der Waals surface area contributed by atoms with Crippen molar-refractivity contribution in [3.8, 4) is 17.3 Å². The fraction of sp³-hybridized carbons (Fsp3) is 0.632. The molecule has 3 fully saturated rings. The summed E-state index contributed by atoms with van der Waals surface area (Å²) < 4.78 is 49.0. The molecule has 2 aromatic rings. The molecule has 2 aromatic heterocycles. The quantitative estimate of drug-likeness (QED) is 0.763. The van der Waals surface area contributed by atoms with Crippen molar-refractivity contribution >= 4 is 5.91 Å². The van der Waals surface area contributed by atoms with Gasteiger partial charge in [0.25, 0.3) is 0 Å². The van der Waals surface area contributed by atoms with E-state index >= 15 is 0 Å². The van der Waals surface area contributed by atoms with Crippen LogP contribution in [0.5, 0.6) is 5.88 Å². The lowest BCUT2D eigenvalue weighted by atomic mass is 9.35. The molecule has 30 heavy (non-hydrogen) atoms. The van der Waals surface area contributed by atoms with E-state index in [1.54, 1.807) is 17.7 Å². The van der Waals surface area contributed by atoms with E-state index in [0.29, 0.717) is 37.3 Å². The number of aliphatic hydroxyl groups is 1. The van der Waals surface area contributed by atoms with Gasteiger partial charge in [0.1, 0.15) is 0 Å². The first kappa shape index (κ1) is 19.4. The Labute approximate surface area is 169 Å². The van der Waals surface area contributed by atoms with Gasteiger partial charge in [-0.05, 0) is 33.1 Å². The monoisotopic (exact) mass is 425 g/mol. The zero-order valence-electron chi connectivity index (χ0n) is 16.5. The molecular formula is C19H22F3N5O3. The number of nitrogens with two attached hydrogens (primary N) is 1. The van der Waals surface area contributed by atoms with Gasteiger partial charge in [0.2, 0.25) is 17.4 Å². The second-order valence-electron chi connectivity index (χ2n) is 9.27. The first-order valence-electron chi connectivity index (χ1n) is 9.75. The van der Waals surface area contributed by atoms with Gasteiger partial charge in [-0.3, -0.25) is 9.48 Å². The zero-order valence-corrected chi connectivity index (χ0v) is 16.5. The van der Waals surface area contributed by atoms with Crippen LogP contribution in [0, 0.1) is 10.8 Å². The van der Waals surface area contributed by atoms with Crippen molar-refractivity contribution in [1.82, 2.24) is 19.3 Å². The molecule has 8 nitrogen and oxygen atoms in total. The van der Waals surface area contributed by atoms with E-state index in [9.17, 15) is 23.1 Å². The molecule has 2 bridgehead atoms. The number of hydrogen-bond donors (Lipinski definition) is 2. The van der Waals surface area contributed by atoms with Crippen LogP contribution < -0.4 is 10.5 Å². The first-order chi connectivity index (χ1) is 13.9. The maximum Gasteiger partial charge on any atom is 0.424 e. The van der Waals surface area contributed by atoms with Gasteiger partial charge in [-0.25, -0.2) is 4.98 Å². The first-order valence-corrected chi connectivity index (χ1v) is 9.75. The molecule has 1 amide bonds. The Balaban J connectivity index is 1.38.